The largest absolute Gasteiger partial charge is 2.00 e. The minimum atomic E-state index is 0. The van der Waals surface area contributed by atoms with Gasteiger partial charge >= 0.3 is 16.5 Å². The summed E-state index contributed by atoms with van der Waals surface area (Å²) in [7, 11) is 0. The molecule has 0 aliphatic carbocycles. The molecule has 0 unspecified atom stereocenters. The van der Waals surface area contributed by atoms with Crippen LogP contribution >= 0.6 is 0 Å². The van der Waals surface area contributed by atoms with Gasteiger partial charge in [-0.25, -0.2) is 0 Å². The fourth-order valence-corrected chi connectivity index (χ4v) is 14.5. The molecule has 0 saturated heterocycles. The van der Waals surface area contributed by atoms with Gasteiger partial charge in [-0.15, -0.1) is 0 Å². The first-order valence-electron chi connectivity index (χ1n) is 44.5. The molecule has 0 bridgehead atoms. The molecule has 2 nitrogen and oxygen atoms in total. The van der Waals surface area contributed by atoms with Crippen molar-refractivity contribution in [2.75, 3.05) is 0 Å². The average Bonchev–Trinajstić information content (AvgIpc) is 0.794. The van der Waals surface area contributed by atoms with Crippen LogP contribution < -0.4 is 0 Å². The minimum Gasteiger partial charge on any atom is -0.252 e. The number of hydrogen-bond donors (Lipinski definition) is 0. The summed E-state index contributed by atoms with van der Waals surface area (Å²) in [6.07, 6.45) is 112. The first kappa shape index (κ1) is 96.2. The molecule has 102 heavy (non-hydrogen) atoms. The van der Waals surface area contributed by atoms with Gasteiger partial charge in [-0.05, 0) is 282 Å². The smallest absolute Gasteiger partial charge is 0.252 e. The van der Waals surface area contributed by atoms with E-state index in [1.807, 2.05) is 0 Å². The Morgan fingerprint density at radius 1 is 0.225 bits per heavy atom. The summed E-state index contributed by atoms with van der Waals surface area (Å²) in [4.78, 5) is 12.3. The van der Waals surface area contributed by atoms with E-state index in [1.54, 1.807) is 22.3 Å². The number of allylic oxidation sites excluding steroid dienone is 16. The number of rotatable bonds is 70. The van der Waals surface area contributed by atoms with Crippen molar-refractivity contribution in [3.05, 3.63) is 154 Å². The fourth-order valence-electron chi connectivity index (χ4n) is 14.5. The number of aliphatic imine (C=N–C) groups is 2. The molecule has 0 fully saturated rings. The van der Waals surface area contributed by atoms with Crippen LogP contribution in [0.4, 0.5) is 11.4 Å². The van der Waals surface area contributed by atoms with Crippen LogP contribution in [-0.2, 0) is 67.9 Å². The maximum absolute atomic E-state index is 6.18. The molecule has 0 radical (unpaired) electrons. The van der Waals surface area contributed by atoms with Gasteiger partial charge in [-0.2, -0.15) is 0 Å². The standard InChI is InChI=1S/C99H166N2.Ni/c1-11-20-29-37-45-53-61-69-77-89-86-98(95(83-75-67-59-51-43-35-26-17-7)93(81-73-65-57-49-41-33-24-15-5)91(89)79-71-63-55-47-39-31-22-13-3)100-88(10)97(85-28-19-9)101-99-87-90(78-70-62-54-46-38-30-21-12-2)92(80-72-64-56-48-40-32-23-14-4)94(82-74-66-58-50-42-34-25-16-6)96(99)84-76-68-60-52-44-36-27-18-8;/h53-68,86-87H,11-52,69-85H2,1-10H3;/q;+2/b61-53+,62-54+,63-55+,64-56+,65-57+,66-58+,67-59+,68-60+,100-88?,101-97?;. The number of hydrogen-bond acceptors (Lipinski definition) is 2. The van der Waals surface area contributed by atoms with E-state index in [0.717, 1.165) is 128 Å². The molecule has 2 aromatic carbocycles. The number of aryl methyl sites for hydroxylation is 2. The Labute approximate surface area is 647 Å². The molecule has 3 heteroatoms. The normalized spacial score (nSPS) is 12.7. The van der Waals surface area contributed by atoms with Crippen LogP contribution in [0.1, 0.15) is 441 Å². The second kappa shape index (κ2) is 72.7. The van der Waals surface area contributed by atoms with Crippen molar-refractivity contribution in [2.45, 2.75) is 448 Å². The Balaban J connectivity index is 0.0000520. The van der Waals surface area contributed by atoms with Gasteiger partial charge in [-0.1, -0.05) is 320 Å². The van der Waals surface area contributed by atoms with Crippen LogP contribution in [-0.4, -0.2) is 11.4 Å². The molecule has 2 aromatic rings. The Morgan fingerprint density at radius 3 is 0.676 bits per heavy atom. The molecule has 2 rings (SSSR count). The molecule has 0 spiro atoms. The van der Waals surface area contributed by atoms with E-state index in [4.69, 9.17) is 9.98 Å². The zero-order chi connectivity index (χ0) is 72.8. The summed E-state index contributed by atoms with van der Waals surface area (Å²) < 4.78 is 0. The Bertz CT molecular complexity index is 2570. The van der Waals surface area contributed by atoms with Gasteiger partial charge in [0.2, 0.25) is 0 Å². The molecule has 0 atom stereocenters. The van der Waals surface area contributed by atoms with Crippen molar-refractivity contribution >= 4 is 22.8 Å². The van der Waals surface area contributed by atoms with E-state index in [0.29, 0.717) is 0 Å². The predicted octanol–water partition coefficient (Wildman–Crippen LogP) is 33.4. The molecule has 0 saturated carbocycles. The first-order valence-corrected chi connectivity index (χ1v) is 44.5. The number of nitrogens with zero attached hydrogens (tertiary/aromatic N) is 2. The van der Waals surface area contributed by atoms with Gasteiger partial charge in [-0.3, -0.25) is 9.98 Å². The van der Waals surface area contributed by atoms with Crippen molar-refractivity contribution in [2.24, 2.45) is 9.98 Å². The van der Waals surface area contributed by atoms with Crippen LogP contribution in [0.3, 0.4) is 0 Å². The Hall–Kier alpha value is -3.81. The molecule has 0 heterocycles. The summed E-state index contributed by atoms with van der Waals surface area (Å²) in [6.45, 7) is 23.4. The van der Waals surface area contributed by atoms with E-state index >= 15 is 0 Å². The van der Waals surface area contributed by atoms with Gasteiger partial charge in [0.15, 0.2) is 0 Å². The third kappa shape index (κ3) is 49.9. The maximum atomic E-state index is 6.18. The third-order valence-electron chi connectivity index (χ3n) is 20.9. The van der Waals surface area contributed by atoms with Gasteiger partial charge in [0.25, 0.3) is 0 Å². The van der Waals surface area contributed by atoms with Crippen molar-refractivity contribution in [3.8, 4) is 0 Å². The average molecular weight is 1440 g/mol. The Morgan fingerprint density at radius 2 is 0.431 bits per heavy atom. The molecule has 0 aliphatic rings. The van der Waals surface area contributed by atoms with E-state index in [9.17, 15) is 0 Å². The van der Waals surface area contributed by atoms with Crippen LogP contribution in [0.25, 0.3) is 0 Å². The van der Waals surface area contributed by atoms with Crippen molar-refractivity contribution in [3.63, 3.8) is 0 Å². The molecule has 0 amide bonds. The zero-order valence-electron chi connectivity index (χ0n) is 69.3. The van der Waals surface area contributed by atoms with Gasteiger partial charge in [0, 0.05) is 0 Å². The van der Waals surface area contributed by atoms with Crippen molar-refractivity contribution < 1.29 is 16.5 Å². The van der Waals surface area contributed by atoms with Gasteiger partial charge in [0.1, 0.15) is 0 Å². The molecule has 580 valence electrons. The topological polar surface area (TPSA) is 24.7 Å². The monoisotopic (exact) mass is 1440 g/mol. The fraction of sp³-hybridized carbons (Fsp3) is 0.697. The second-order valence-corrected chi connectivity index (χ2v) is 30.2. The van der Waals surface area contributed by atoms with Crippen molar-refractivity contribution in [1.29, 1.82) is 0 Å². The van der Waals surface area contributed by atoms with Crippen LogP contribution in [0.2, 0.25) is 0 Å². The SMILES string of the molecule is CCCCCC/C=C/CCc1cc(N=C(C)C(CCCC)=Nc2cc(CC/C=C/CCCCCC)c(CC/C=C/CCCCCC)c(CC/C=C/CCCCCC)c2CC/C=C/CCCCCC)c(CC/C=C/CCCCCC)c(CC/C=C/CCCCCC)c1CC/C=C/CCCCCC.[Ni+2]. The van der Waals surface area contributed by atoms with E-state index in [2.05, 4.69) is 179 Å². The molecule has 0 aliphatic heterocycles. The zero-order valence-corrected chi connectivity index (χ0v) is 70.3. The van der Waals surface area contributed by atoms with Crippen LogP contribution in [0, 0.1) is 0 Å². The summed E-state index contributed by atoms with van der Waals surface area (Å²) in [5, 5.41) is 0. The molecular weight excluding hydrogens is 1280 g/mol. The predicted molar refractivity (Wildman–Crippen MR) is 462 cm³/mol. The van der Waals surface area contributed by atoms with Crippen molar-refractivity contribution in [1.82, 2.24) is 0 Å². The van der Waals surface area contributed by atoms with Gasteiger partial charge < -0.3 is 0 Å². The van der Waals surface area contributed by atoms with E-state index in [1.165, 1.54) is 296 Å². The van der Waals surface area contributed by atoms with E-state index in [-0.39, 0.29) is 16.5 Å². The van der Waals surface area contributed by atoms with E-state index < -0.39 is 0 Å². The second-order valence-electron chi connectivity index (χ2n) is 30.2. The summed E-state index contributed by atoms with van der Waals surface area (Å²) in [5.41, 5.74) is 17.3. The summed E-state index contributed by atoms with van der Waals surface area (Å²) in [6, 6.07) is 5.25. The molecular formula is C99H166N2Ni+2. The quantitative estimate of drug-likeness (QED) is 0.0273. The number of unbranched alkanes of at least 4 members (excludes halogenated alkanes) is 33. The van der Waals surface area contributed by atoms with Crippen LogP contribution in [0.15, 0.2) is 119 Å². The first-order chi connectivity index (χ1) is 49.9. The van der Waals surface area contributed by atoms with Crippen LogP contribution in [0.5, 0.6) is 0 Å². The summed E-state index contributed by atoms with van der Waals surface area (Å²) in [5.74, 6) is 0. The van der Waals surface area contributed by atoms with Gasteiger partial charge in [0.05, 0.1) is 22.8 Å². The third-order valence-corrected chi connectivity index (χ3v) is 20.9. The molecule has 0 N–H and O–H groups in total. The maximum Gasteiger partial charge on any atom is 2.00 e. The summed E-state index contributed by atoms with van der Waals surface area (Å²) >= 11 is 0. The minimum absolute atomic E-state index is 0. The Kier molecular flexibility index (Phi) is 68.6. The molecule has 0 aromatic heterocycles. The number of benzene rings is 2.